The lowest BCUT2D eigenvalue weighted by Crippen LogP contribution is -2.08. The molecule has 10 aromatic rings. The zero-order valence-electron chi connectivity index (χ0n) is 28.3. The second-order valence-corrected chi connectivity index (χ2v) is 13.7. The number of hydrogen-bond acceptors (Lipinski definition) is 1. The van der Waals surface area contributed by atoms with Crippen molar-refractivity contribution in [3.05, 3.63) is 188 Å². The fraction of sp³-hybridized carbons (Fsp3) is 0.0204. The van der Waals surface area contributed by atoms with Crippen molar-refractivity contribution < 1.29 is 4.74 Å². The van der Waals surface area contributed by atoms with Crippen LogP contribution in [-0.4, -0.2) is 9.13 Å². The largest absolute Gasteiger partial charge is 0.488 e. The molecule has 0 amide bonds. The van der Waals surface area contributed by atoms with Gasteiger partial charge in [-0.15, -0.1) is 0 Å². The van der Waals surface area contributed by atoms with Gasteiger partial charge in [-0.2, -0.15) is 0 Å². The predicted molar refractivity (Wildman–Crippen MR) is 216 cm³/mol. The van der Waals surface area contributed by atoms with E-state index in [9.17, 15) is 0 Å². The zero-order chi connectivity index (χ0) is 34.2. The van der Waals surface area contributed by atoms with Crippen LogP contribution in [0.2, 0.25) is 0 Å². The van der Waals surface area contributed by atoms with E-state index in [1.165, 1.54) is 82.7 Å². The van der Waals surface area contributed by atoms with Crippen molar-refractivity contribution >= 4 is 43.6 Å². The number of para-hydroxylation sites is 3. The van der Waals surface area contributed by atoms with E-state index in [0.29, 0.717) is 6.61 Å². The van der Waals surface area contributed by atoms with Crippen molar-refractivity contribution in [2.75, 3.05) is 0 Å². The minimum Gasteiger partial charge on any atom is -0.488 e. The van der Waals surface area contributed by atoms with E-state index >= 15 is 0 Å². The van der Waals surface area contributed by atoms with Crippen molar-refractivity contribution in [2.24, 2.45) is 0 Å². The highest BCUT2D eigenvalue weighted by atomic mass is 16.5. The molecule has 0 bridgehead atoms. The maximum absolute atomic E-state index is 6.16. The summed E-state index contributed by atoms with van der Waals surface area (Å²) in [5, 5.41) is 4.98. The molecule has 2 aromatic heterocycles. The summed E-state index contributed by atoms with van der Waals surface area (Å²) in [5.41, 5.74) is 15.6. The van der Waals surface area contributed by atoms with Crippen molar-refractivity contribution in [3.8, 4) is 50.5 Å². The minimum absolute atomic E-state index is 0.568. The molecule has 0 N–H and O–H groups in total. The van der Waals surface area contributed by atoms with E-state index in [2.05, 4.69) is 185 Å². The smallest absolute Gasteiger partial charge is 0.127 e. The third kappa shape index (κ3) is 4.33. The van der Waals surface area contributed by atoms with Gasteiger partial charge in [0.1, 0.15) is 12.4 Å². The van der Waals surface area contributed by atoms with Gasteiger partial charge in [0, 0.05) is 38.4 Å². The van der Waals surface area contributed by atoms with Crippen molar-refractivity contribution in [2.45, 2.75) is 6.61 Å². The van der Waals surface area contributed by atoms with Crippen LogP contribution >= 0.6 is 0 Å². The van der Waals surface area contributed by atoms with Crippen LogP contribution in [0.4, 0.5) is 0 Å². The van der Waals surface area contributed by atoms with Crippen LogP contribution in [0.15, 0.2) is 182 Å². The average Bonchev–Trinajstić information content (AvgIpc) is 3.73. The summed E-state index contributed by atoms with van der Waals surface area (Å²) >= 11 is 0. The molecule has 0 saturated heterocycles. The summed E-state index contributed by atoms with van der Waals surface area (Å²) < 4.78 is 11.0. The van der Waals surface area contributed by atoms with Gasteiger partial charge in [-0.05, 0) is 88.5 Å². The van der Waals surface area contributed by atoms with Crippen LogP contribution in [0, 0.1) is 0 Å². The molecule has 52 heavy (non-hydrogen) atoms. The second kappa shape index (κ2) is 11.3. The molecule has 0 aliphatic carbocycles. The Kier molecular flexibility index (Phi) is 6.31. The minimum atomic E-state index is 0.568. The number of nitrogens with zero attached hydrogens (tertiary/aromatic N) is 2. The molecule has 0 atom stereocenters. The first-order chi connectivity index (χ1) is 25.8. The Balaban J connectivity index is 1.09. The summed E-state index contributed by atoms with van der Waals surface area (Å²) in [6, 6.07) is 66.0. The van der Waals surface area contributed by atoms with E-state index < -0.39 is 0 Å². The van der Waals surface area contributed by atoms with Gasteiger partial charge in [0.05, 0.1) is 27.8 Å². The molecule has 0 saturated carbocycles. The average molecular weight is 665 g/mol. The summed E-state index contributed by atoms with van der Waals surface area (Å²) in [4.78, 5) is 0. The van der Waals surface area contributed by atoms with Gasteiger partial charge in [-0.3, -0.25) is 0 Å². The predicted octanol–water partition coefficient (Wildman–Crippen LogP) is 12.8. The fourth-order valence-corrected chi connectivity index (χ4v) is 8.46. The highest BCUT2D eigenvalue weighted by molar-refractivity contribution is 6.13. The first-order valence-corrected chi connectivity index (χ1v) is 17.9. The molecule has 0 unspecified atom stereocenters. The Morgan fingerprint density at radius 2 is 0.962 bits per heavy atom. The number of rotatable bonds is 4. The summed E-state index contributed by atoms with van der Waals surface area (Å²) in [7, 11) is 0. The van der Waals surface area contributed by atoms with Gasteiger partial charge >= 0.3 is 0 Å². The first kappa shape index (κ1) is 28.9. The highest BCUT2D eigenvalue weighted by Crippen LogP contribution is 2.44. The fourth-order valence-electron chi connectivity index (χ4n) is 8.46. The third-order valence-corrected chi connectivity index (χ3v) is 10.8. The van der Waals surface area contributed by atoms with Crippen LogP contribution in [0.1, 0.15) is 5.56 Å². The molecule has 1 aliphatic heterocycles. The molecule has 0 fully saturated rings. The van der Waals surface area contributed by atoms with Gasteiger partial charge in [-0.25, -0.2) is 0 Å². The summed E-state index contributed by atoms with van der Waals surface area (Å²) in [5.74, 6) is 0.936. The third-order valence-electron chi connectivity index (χ3n) is 10.8. The number of hydrogen-bond donors (Lipinski definition) is 0. The maximum Gasteiger partial charge on any atom is 0.127 e. The van der Waals surface area contributed by atoms with Gasteiger partial charge < -0.3 is 13.9 Å². The van der Waals surface area contributed by atoms with E-state index in [1.54, 1.807) is 0 Å². The standard InChI is InChI=1S/C49H32N2O/c1-2-12-32(13-3-1)33-14-10-16-37(28-33)50-43-20-7-4-17-38(43)41-29-34(24-26-45(41)50)35-25-27-46-42(30-35)39-18-5-8-21-44(39)51(46)47-22-11-15-36-31-52-48-23-9-6-19-40(48)49(36)47/h1-30H,31H2. The number of benzene rings is 8. The lowest BCUT2D eigenvalue weighted by molar-refractivity contribution is 0.302. The van der Waals surface area contributed by atoms with Gasteiger partial charge in [0.15, 0.2) is 0 Å². The Morgan fingerprint density at radius 1 is 0.385 bits per heavy atom. The summed E-state index contributed by atoms with van der Waals surface area (Å²) in [6.07, 6.45) is 0. The molecule has 3 nitrogen and oxygen atoms in total. The van der Waals surface area contributed by atoms with Gasteiger partial charge in [0.2, 0.25) is 0 Å². The normalized spacial score (nSPS) is 12.3. The van der Waals surface area contributed by atoms with Gasteiger partial charge in [-0.1, -0.05) is 121 Å². The number of fused-ring (bicyclic) bond motifs is 9. The molecule has 3 heterocycles. The lowest BCUT2D eigenvalue weighted by atomic mass is 9.95. The van der Waals surface area contributed by atoms with Crippen molar-refractivity contribution in [3.63, 3.8) is 0 Å². The maximum atomic E-state index is 6.16. The molecule has 0 spiro atoms. The topological polar surface area (TPSA) is 19.1 Å². The molecule has 0 radical (unpaired) electrons. The van der Waals surface area contributed by atoms with Crippen LogP contribution < -0.4 is 4.74 Å². The lowest BCUT2D eigenvalue weighted by Gasteiger charge is -2.24. The molecular weight excluding hydrogens is 633 g/mol. The zero-order valence-corrected chi connectivity index (χ0v) is 28.3. The van der Waals surface area contributed by atoms with Crippen molar-refractivity contribution in [1.82, 2.24) is 9.13 Å². The monoisotopic (exact) mass is 664 g/mol. The van der Waals surface area contributed by atoms with Crippen LogP contribution in [0.5, 0.6) is 5.75 Å². The number of aromatic nitrogens is 2. The van der Waals surface area contributed by atoms with E-state index in [-0.39, 0.29) is 0 Å². The Labute approximate surface area is 301 Å². The van der Waals surface area contributed by atoms with Crippen molar-refractivity contribution in [1.29, 1.82) is 0 Å². The number of ether oxygens (including phenoxy) is 1. The molecular formula is C49H32N2O. The molecule has 3 heteroatoms. The van der Waals surface area contributed by atoms with E-state index in [0.717, 1.165) is 17.0 Å². The Morgan fingerprint density at radius 3 is 1.73 bits per heavy atom. The van der Waals surface area contributed by atoms with Crippen LogP contribution in [-0.2, 0) is 6.61 Å². The Hall–Kier alpha value is -6.84. The highest BCUT2D eigenvalue weighted by Gasteiger charge is 2.23. The van der Waals surface area contributed by atoms with Gasteiger partial charge in [0.25, 0.3) is 0 Å². The second-order valence-electron chi connectivity index (χ2n) is 13.7. The Bertz CT molecular complexity index is 3020. The first-order valence-electron chi connectivity index (χ1n) is 17.9. The van der Waals surface area contributed by atoms with Crippen LogP contribution in [0.25, 0.3) is 88.4 Å². The van der Waals surface area contributed by atoms with E-state index in [1.807, 2.05) is 6.07 Å². The molecule has 11 rings (SSSR count). The molecule has 244 valence electrons. The molecule has 1 aliphatic rings. The van der Waals surface area contributed by atoms with E-state index in [4.69, 9.17) is 4.74 Å². The SMILES string of the molecule is c1ccc(-c2cccc(-n3c4ccccc4c4cc(-c5ccc6c(c5)c5ccccc5n6-c5cccc6c5-c5ccccc5OC6)ccc43)c2)cc1. The molecule has 8 aromatic carbocycles. The summed E-state index contributed by atoms with van der Waals surface area (Å²) in [6.45, 7) is 0.568. The quantitative estimate of drug-likeness (QED) is 0.183. The van der Waals surface area contributed by atoms with Crippen LogP contribution in [0.3, 0.4) is 0 Å².